The lowest BCUT2D eigenvalue weighted by Crippen LogP contribution is -2.30. The molecule has 1 unspecified atom stereocenters. The van der Waals surface area contributed by atoms with Gasteiger partial charge in [0.05, 0.1) is 10.9 Å². The minimum Gasteiger partial charge on any atom is -0.384 e. The molecule has 0 fully saturated rings. The molecular formula is C18H18N4O2S2. The van der Waals surface area contributed by atoms with E-state index in [4.69, 9.17) is 11.1 Å². The number of amidine groups is 1. The summed E-state index contributed by atoms with van der Waals surface area (Å²) in [5.74, 6) is -0.0254. The third-order valence-electron chi connectivity index (χ3n) is 3.78. The van der Waals surface area contributed by atoms with E-state index in [0.717, 1.165) is 5.56 Å². The Morgan fingerprint density at radius 3 is 2.62 bits per heavy atom. The van der Waals surface area contributed by atoms with Gasteiger partial charge < -0.3 is 5.73 Å². The molecule has 0 amide bonds. The molecule has 3 rings (SSSR count). The summed E-state index contributed by atoms with van der Waals surface area (Å²) in [6.07, 6.45) is 2.05. The quantitative estimate of drug-likeness (QED) is 0.428. The summed E-state index contributed by atoms with van der Waals surface area (Å²) < 4.78 is 28.2. The Kier molecular flexibility index (Phi) is 5.46. The maximum absolute atomic E-state index is 12.7. The maximum Gasteiger partial charge on any atom is 0.241 e. The lowest BCUT2D eigenvalue weighted by atomic mass is 10.0. The summed E-state index contributed by atoms with van der Waals surface area (Å²) in [7, 11) is -3.68. The van der Waals surface area contributed by atoms with Crippen LogP contribution in [0.15, 0.2) is 71.1 Å². The van der Waals surface area contributed by atoms with Crippen LogP contribution >= 0.6 is 11.3 Å². The van der Waals surface area contributed by atoms with Crippen LogP contribution in [0.5, 0.6) is 0 Å². The highest BCUT2D eigenvalue weighted by atomic mass is 32.2. The van der Waals surface area contributed by atoms with Crippen molar-refractivity contribution in [1.82, 2.24) is 9.71 Å². The monoisotopic (exact) mass is 386 g/mol. The Morgan fingerprint density at radius 2 is 1.96 bits per heavy atom. The SMILES string of the molecule is N=C(N)c1cccc(CC(NS(=O)(=O)c2ccccc2)c2nccs2)c1. The van der Waals surface area contributed by atoms with E-state index in [9.17, 15) is 8.42 Å². The number of benzene rings is 2. The first-order valence-electron chi connectivity index (χ1n) is 7.86. The summed E-state index contributed by atoms with van der Waals surface area (Å²) in [5.41, 5.74) is 7.02. The fourth-order valence-corrected chi connectivity index (χ4v) is 4.53. The van der Waals surface area contributed by atoms with Crippen molar-refractivity contribution in [1.29, 1.82) is 5.41 Å². The summed E-state index contributed by atoms with van der Waals surface area (Å²) in [6.45, 7) is 0. The number of nitrogen functional groups attached to an aromatic ring is 1. The van der Waals surface area contributed by atoms with Gasteiger partial charge in [0.1, 0.15) is 10.8 Å². The Bertz CT molecular complexity index is 987. The predicted octanol–water partition coefficient (Wildman–Crippen LogP) is 2.69. The van der Waals surface area contributed by atoms with Crippen molar-refractivity contribution in [3.8, 4) is 0 Å². The molecular weight excluding hydrogens is 368 g/mol. The van der Waals surface area contributed by atoms with Crippen molar-refractivity contribution in [2.45, 2.75) is 17.4 Å². The number of nitrogens with one attached hydrogen (secondary N) is 2. The first-order chi connectivity index (χ1) is 12.5. The van der Waals surface area contributed by atoms with Crippen LogP contribution < -0.4 is 10.5 Å². The van der Waals surface area contributed by atoms with E-state index >= 15 is 0 Å². The molecule has 0 saturated carbocycles. The van der Waals surface area contributed by atoms with E-state index in [1.165, 1.54) is 11.3 Å². The van der Waals surface area contributed by atoms with Gasteiger partial charge in [-0.1, -0.05) is 36.4 Å². The molecule has 0 radical (unpaired) electrons. The van der Waals surface area contributed by atoms with Gasteiger partial charge >= 0.3 is 0 Å². The highest BCUT2D eigenvalue weighted by Gasteiger charge is 2.23. The normalized spacial score (nSPS) is 12.6. The minimum absolute atomic E-state index is 0.0254. The summed E-state index contributed by atoms with van der Waals surface area (Å²) in [4.78, 5) is 4.48. The van der Waals surface area contributed by atoms with Gasteiger partial charge in [-0.25, -0.2) is 18.1 Å². The van der Waals surface area contributed by atoms with Crippen molar-refractivity contribution in [2.24, 2.45) is 5.73 Å². The van der Waals surface area contributed by atoms with E-state index < -0.39 is 16.1 Å². The van der Waals surface area contributed by atoms with Crippen molar-refractivity contribution in [3.05, 3.63) is 82.3 Å². The lowest BCUT2D eigenvalue weighted by Gasteiger charge is -2.17. The van der Waals surface area contributed by atoms with Crippen molar-refractivity contribution < 1.29 is 8.42 Å². The molecule has 0 aliphatic heterocycles. The van der Waals surface area contributed by atoms with Crippen LogP contribution in [-0.2, 0) is 16.4 Å². The molecule has 3 aromatic rings. The standard InChI is InChI=1S/C18H18N4O2S2/c19-17(20)14-6-4-5-13(11-14)12-16(18-21-9-10-25-18)22-26(23,24)15-7-2-1-3-8-15/h1-11,16,22H,12H2,(H3,19,20). The van der Waals surface area contributed by atoms with Crippen LogP contribution in [0.4, 0.5) is 0 Å². The second kappa shape index (κ2) is 7.77. The highest BCUT2D eigenvalue weighted by Crippen LogP contribution is 2.23. The second-order valence-corrected chi connectivity index (χ2v) is 8.32. The smallest absolute Gasteiger partial charge is 0.241 e. The van der Waals surface area contributed by atoms with Crippen LogP contribution in [0.3, 0.4) is 0 Å². The average Bonchev–Trinajstić information content (AvgIpc) is 3.17. The fraction of sp³-hybridized carbons (Fsp3) is 0.111. The van der Waals surface area contributed by atoms with E-state index in [0.29, 0.717) is 17.0 Å². The van der Waals surface area contributed by atoms with Gasteiger partial charge in [-0.05, 0) is 30.2 Å². The van der Waals surface area contributed by atoms with Gasteiger partial charge in [-0.2, -0.15) is 0 Å². The zero-order valence-electron chi connectivity index (χ0n) is 13.8. The molecule has 4 N–H and O–H groups in total. The van der Waals surface area contributed by atoms with Crippen molar-refractivity contribution >= 4 is 27.2 Å². The zero-order valence-corrected chi connectivity index (χ0v) is 15.4. The van der Waals surface area contributed by atoms with Crippen LogP contribution in [0.2, 0.25) is 0 Å². The number of aromatic nitrogens is 1. The van der Waals surface area contributed by atoms with E-state index in [1.807, 2.05) is 11.4 Å². The molecule has 0 aliphatic rings. The van der Waals surface area contributed by atoms with Crippen LogP contribution in [-0.4, -0.2) is 19.2 Å². The van der Waals surface area contributed by atoms with Crippen molar-refractivity contribution in [2.75, 3.05) is 0 Å². The topological polar surface area (TPSA) is 109 Å². The average molecular weight is 387 g/mol. The minimum atomic E-state index is -3.68. The number of nitrogens with two attached hydrogens (primary N) is 1. The van der Waals surface area contributed by atoms with Gasteiger partial charge in [0.15, 0.2) is 0 Å². The third kappa shape index (κ3) is 4.34. The Hall–Kier alpha value is -2.55. The van der Waals surface area contributed by atoms with Gasteiger partial charge in [0.25, 0.3) is 0 Å². The molecule has 6 nitrogen and oxygen atoms in total. The van der Waals surface area contributed by atoms with E-state index in [2.05, 4.69) is 9.71 Å². The first-order valence-corrected chi connectivity index (χ1v) is 10.2. The summed E-state index contributed by atoms with van der Waals surface area (Å²) >= 11 is 1.39. The zero-order chi connectivity index (χ0) is 18.6. The molecule has 1 atom stereocenters. The summed E-state index contributed by atoms with van der Waals surface area (Å²) in [6, 6.07) is 15.0. The highest BCUT2D eigenvalue weighted by molar-refractivity contribution is 7.89. The Balaban J connectivity index is 1.90. The van der Waals surface area contributed by atoms with Gasteiger partial charge in [0.2, 0.25) is 10.0 Å². The third-order valence-corrected chi connectivity index (χ3v) is 6.16. The molecule has 0 spiro atoms. The molecule has 2 aromatic carbocycles. The number of hydrogen-bond donors (Lipinski definition) is 3. The number of thiazole rings is 1. The number of sulfonamides is 1. The number of nitrogens with zero attached hydrogens (tertiary/aromatic N) is 1. The molecule has 0 saturated heterocycles. The summed E-state index contributed by atoms with van der Waals surface area (Å²) in [5, 5.41) is 10.1. The van der Waals surface area contributed by atoms with Gasteiger partial charge in [-0.3, -0.25) is 5.41 Å². The number of hydrogen-bond acceptors (Lipinski definition) is 5. The lowest BCUT2D eigenvalue weighted by molar-refractivity contribution is 0.554. The molecule has 26 heavy (non-hydrogen) atoms. The fourth-order valence-electron chi connectivity index (χ4n) is 2.54. The Labute approximate surface area is 156 Å². The van der Waals surface area contributed by atoms with Gasteiger partial charge in [-0.15, -0.1) is 11.3 Å². The van der Waals surface area contributed by atoms with E-state index in [1.54, 1.807) is 54.7 Å². The maximum atomic E-state index is 12.7. The van der Waals surface area contributed by atoms with Crippen molar-refractivity contribution in [3.63, 3.8) is 0 Å². The van der Waals surface area contributed by atoms with Crippen LogP contribution in [0.25, 0.3) is 0 Å². The molecule has 134 valence electrons. The molecule has 1 aromatic heterocycles. The van der Waals surface area contributed by atoms with Crippen LogP contribution in [0, 0.1) is 5.41 Å². The van der Waals surface area contributed by atoms with E-state index in [-0.39, 0.29) is 10.7 Å². The van der Waals surface area contributed by atoms with Crippen LogP contribution in [0.1, 0.15) is 22.2 Å². The molecule has 0 bridgehead atoms. The Morgan fingerprint density at radius 1 is 1.19 bits per heavy atom. The molecule has 0 aliphatic carbocycles. The molecule has 1 heterocycles. The van der Waals surface area contributed by atoms with Gasteiger partial charge in [0, 0.05) is 17.1 Å². The largest absolute Gasteiger partial charge is 0.384 e. The predicted molar refractivity (Wildman–Crippen MR) is 103 cm³/mol. The second-order valence-electron chi connectivity index (χ2n) is 5.68. The number of rotatable bonds is 7. The first kappa shape index (κ1) is 18.2. The molecule has 8 heteroatoms.